The van der Waals surface area contributed by atoms with Crippen molar-refractivity contribution in [3.05, 3.63) is 12.2 Å². The highest BCUT2D eigenvalue weighted by molar-refractivity contribution is 5.94. The van der Waals surface area contributed by atoms with E-state index in [9.17, 15) is 9.59 Å². The molecule has 1 fully saturated rings. The van der Waals surface area contributed by atoms with Gasteiger partial charge in [0, 0.05) is 6.54 Å². The van der Waals surface area contributed by atoms with Gasteiger partial charge in [-0.2, -0.15) is 0 Å². The molecular formula is C12H20N2O3. The van der Waals surface area contributed by atoms with Crippen molar-refractivity contribution in [1.82, 2.24) is 10.2 Å². The van der Waals surface area contributed by atoms with Crippen molar-refractivity contribution in [2.75, 3.05) is 26.3 Å². The first-order chi connectivity index (χ1) is 8.06. The second kappa shape index (κ2) is 6.39. The summed E-state index contributed by atoms with van der Waals surface area (Å²) >= 11 is 0. The summed E-state index contributed by atoms with van der Waals surface area (Å²) in [4.78, 5) is 24.8. The van der Waals surface area contributed by atoms with Gasteiger partial charge in [-0.05, 0) is 13.3 Å². The Bertz CT molecular complexity index is 315. The Morgan fingerprint density at radius 2 is 2.29 bits per heavy atom. The van der Waals surface area contributed by atoms with Crippen LogP contribution in [-0.4, -0.2) is 49.1 Å². The Labute approximate surface area is 102 Å². The van der Waals surface area contributed by atoms with Crippen LogP contribution in [0, 0.1) is 0 Å². The smallest absolute Gasteiger partial charge is 0.243 e. The molecule has 1 rings (SSSR count). The largest absolute Gasteiger partial charge is 0.375 e. The van der Waals surface area contributed by atoms with Gasteiger partial charge in [0.15, 0.2) is 0 Å². The van der Waals surface area contributed by atoms with Gasteiger partial charge >= 0.3 is 0 Å². The van der Waals surface area contributed by atoms with Gasteiger partial charge in [-0.25, -0.2) is 0 Å². The number of nitrogens with one attached hydrogen (secondary N) is 1. The molecule has 1 N–H and O–H groups in total. The van der Waals surface area contributed by atoms with E-state index in [0.717, 1.165) is 5.57 Å². The number of hydrogen-bond acceptors (Lipinski definition) is 3. The topological polar surface area (TPSA) is 58.6 Å². The quantitative estimate of drug-likeness (QED) is 0.537. The molecule has 1 saturated heterocycles. The van der Waals surface area contributed by atoms with Crippen LogP contribution in [0.2, 0.25) is 0 Å². The molecule has 5 nitrogen and oxygen atoms in total. The van der Waals surface area contributed by atoms with Gasteiger partial charge in [0.1, 0.15) is 6.04 Å². The molecule has 5 heteroatoms. The van der Waals surface area contributed by atoms with E-state index in [4.69, 9.17) is 4.74 Å². The van der Waals surface area contributed by atoms with Crippen LogP contribution >= 0.6 is 0 Å². The van der Waals surface area contributed by atoms with Gasteiger partial charge < -0.3 is 15.0 Å². The average Bonchev–Trinajstić information content (AvgIpc) is 2.28. The van der Waals surface area contributed by atoms with Crippen molar-refractivity contribution in [3.63, 3.8) is 0 Å². The predicted molar refractivity (Wildman–Crippen MR) is 64.4 cm³/mol. The fraction of sp³-hybridized carbons (Fsp3) is 0.667. The minimum Gasteiger partial charge on any atom is -0.375 e. The van der Waals surface area contributed by atoms with Gasteiger partial charge in [0.2, 0.25) is 11.8 Å². The molecular weight excluding hydrogens is 220 g/mol. The third-order valence-corrected chi connectivity index (χ3v) is 2.62. The highest BCUT2D eigenvalue weighted by Gasteiger charge is 2.32. The van der Waals surface area contributed by atoms with Crippen LogP contribution in [0.4, 0.5) is 0 Å². The Kier molecular flexibility index (Phi) is 5.15. The van der Waals surface area contributed by atoms with Crippen molar-refractivity contribution >= 4 is 11.8 Å². The summed E-state index contributed by atoms with van der Waals surface area (Å²) in [5, 5.41) is 2.59. The molecule has 1 unspecified atom stereocenters. The molecule has 1 aliphatic heterocycles. The van der Waals surface area contributed by atoms with E-state index in [0.29, 0.717) is 26.2 Å². The fourth-order valence-electron chi connectivity index (χ4n) is 1.79. The Morgan fingerprint density at radius 1 is 1.59 bits per heavy atom. The highest BCUT2D eigenvalue weighted by Crippen LogP contribution is 2.09. The van der Waals surface area contributed by atoms with Crippen molar-refractivity contribution in [2.24, 2.45) is 0 Å². The molecule has 1 heterocycles. The third-order valence-electron chi connectivity index (χ3n) is 2.62. The first-order valence-electron chi connectivity index (χ1n) is 5.85. The molecule has 0 radical (unpaired) electrons. The molecule has 0 aromatic heterocycles. The fourth-order valence-corrected chi connectivity index (χ4v) is 1.79. The molecule has 2 amide bonds. The third kappa shape index (κ3) is 3.85. The molecule has 1 aliphatic rings. The monoisotopic (exact) mass is 240 g/mol. The number of amides is 2. The maximum absolute atomic E-state index is 11.7. The van der Waals surface area contributed by atoms with E-state index in [1.54, 1.807) is 4.90 Å². The first kappa shape index (κ1) is 13.7. The van der Waals surface area contributed by atoms with Crippen LogP contribution in [0.3, 0.4) is 0 Å². The minimum absolute atomic E-state index is 0.0459. The van der Waals surface area contributed by atoms with Crippen LogP contribution in [-0.2, 0) is 14.3 Å². The highest BCUT2D eigenvalue weighted by atomic mass is 16.5. The lowest BCUT2D eigenvalue weighted by Gasteiger charge is -2.34. The number of hydrogen-bond donors (Lipinski definition) is 1. The average molecular weight is 240 g/mol. The molecule has 0 aromatic rings. The maximum Gasteiger partial charge on any atom is 0.243 e. The lowest BCUT2D eigenvalue weighted by Crippen LogP contribution is -2.58. The second-order valence-corrected chi connectivity index (χ2v) is 4.24. The van der Waals surface area contributed by atoms with Crippen molar-refractivity contribution in [2.45, 2.75) is 26.3 Å². The van der Waals surface area contributed by atoms with E-state index >= 15 is 0 Å². The van der Waals surface area contributed by atoms with Gasteiger partial charge in [0.25, 0.3) is 0 Å². The second-order valence-electron chi connectivity index (χ2n) is 4.24. The van der Waals surface area contributed by atoms with Crippen molar-refractivity contribution < 1.29 is 14.3 Å². The van der Waals surface area contributed by atoms with Gasteiger partial charge in [-0.3, -0.25) is 9.59 Å². The van der Waals surface area contributed by atoms with Crippen molar-refractivity contribution in [1.29, 1.82) is 0 Å². The first-order valence-corrected chi connectivity index (χ1v) is 5.85. The SMILES string of the molecule is C=C(C)COCCN1C(=O)CNC(=O)C1CC. The lowest BCUT2D eigenvalue weighted by molar-refractivity contribution is -0.146. The van der Waals surface area contributed by atoms with Gasteiger partial charge in [-0.1, -0.05) is 19.1 Å². The molecule has 1 atom stereocenters. The van der Waals surface area contributed by atoms with E-state index < -0.39 is 0 Å². The standard InChI is InChI=1S/C12H20N2O3/c1-4-10-12(16)13-7-11(15)14(10)5-6-17-8-9(2)3/h10H,2,4-8H2,1,3H3,(H,13,16). The Balaban J connectivity index is 2.44. The number of carbonyl (C=O) groups excluding carboxylic acids is 2. The van der Waals surface area contributed by atoms with Crippen LogP contribution in [0.5, 0.6) is 0 Å². The minimum atomic E-state index is -0.357. The van der Waals surface area contributed by atoms with Gasteiger partial charge in [0.05, 0.1) is 19.8 Å². The molecule has 0 saturated carbocycles. The van der Waals surface area contributed by atoms with E-state index in [1.807, 2.05) is 13.8 Å². The number of ether oxygens (including phenoxy) is 1. The summed E-state index contributed by atoms with van der Waals surface area (Å²) in [6.45, 7) is 8.98. The van der Waals surface area contributed by atoms with E-state index in [1.165, 1.54) is 0 Å². The van der Waals surface area contributed by atoms with Crippen LogP contribution in [0.25, 0.3) is 0 Å². The molecule has 0 spiro atoms. The molecule has 17 heavy (non-hydrogen) atoms. The van der Waals surface area contributed by atoms with Crippen LogP contribution in [0.1, 0.15) is 20.3 Å². The Morgan fingerprint density at radius 3 is 2.88 bits per heavy atom. The summed E-state index contributed by atoms with van der Waals surface area (Å²) in [6.07, 6.45) is 0.623. The zero-order valence-electron chi connectivity index (χ0n) is 10.5. The van der Waals surface area contributed by atoms with E-state index in [2.05, 4.69) is 11.9 Å². The number of nitrogens with zero attached hydrogens (tertiary/aromatic N) is 1. The summed E-state index contributed by atoms with van der Waals surface area (Å²) in [7, 11) is 0. The maximum atomic E-state index is 11.7. The van der Waals surface area contributed by atoms with Crippen molar-refractivity contribution in [3.8, 4) is 0 Å². The molecule has 96 valence electrons. The summed E-state index contributed by atoms with van der Waals surface area (Å²) in [5.74, 6) is -0.123. The lowest BCUT2D eigenvalue weighted by atomic mass is 10.1. The number of carbonyl (C=O) groups is 2. The molecule has 0 bridgehead atoms. The normalized spacial score (nSPS) is 20.4. The summed E-state index contributed by atoms with van der Waals surface area (Å²) in [5.41, 5.74) is 0.944. The molecule has 0 aliphatic carbocycles. The summed E-state index contributed by atoms with van der Waals surface area (Å²) < 4.78 is 5.35. The van der Waals surface area contributed by atoms with Crippen LogP contribution < -0.4 is 5.32 Å². The van der Waals surface area contributed by atoms with Crippen LogP contribution in [0.15, 0.2) is 12.2 Å². The summed E-state index contributed by atoms with van der Waals surface area (Å²) in [6, 6.07) is -0.357. The van der Waals surface area contributed by atoms with E-state index in [-0.39, 0.29) is 24.4 Å². The molecule has 0 aromatic carbocycles. The Hall–Kier alpha value is -1.36. The zero-order chi connectivity index (χ0) is 12.8. The number of piperazine rings is 1. The zero-order valence-corrected chi connectivity index (χ0v) is 10.5. The number of rotatable bonds is 6. The van der Waals surface area contributed by atoms with Gasteiger partial charge in [-0.15, -0.1) is 0 Å². The predicted octanol–water partition coefficient (Wildman–Crippen LogP) is 0.316.